The van der Waals surface area contributed by atoms with Crippen molar-refractivity contribution in [2.24, 2.45) is 5.14 Å². The number of benzene rings is 1. The molecule has 0 radical (unpaired) electrons. The summed E-state index contributed by atoms with van der Waals surface area (Å²) in [6.07, 6.45) is 1.37. The van der Waals surface area contributed by atoms with Crippen LogP contribution in [0.4, 0.5) is 4.79 Å². The fourth-order valence-electron chi connectivity index (χ4n) is 2.45. The Morgan fingerprint density at radius 3 is 2.48 bits per heavy atom. The highest BCUT2D eigenvalue weighted by atomic mass is 32.2. The molecule has 0 aliphatic carbocycles. The number of urea groups is 1. The number of carbonyl (C=O) groups excluding carboxylic acids is 1. The topological polar surface area (TPSA) is 83.7 Å². The molecule has 116 valence electrons. The molecule has 0 fully saturated rings. The molecule has 7 heteroatoms. The molecule has 0 unspecified atom stereocenters. The van der Waals surface area contributed by atoms with E-state index >= 15 is 0 Å². The van der Waals surface area contributed by atoms with Crippen molar-refractivity contribution >= 4 is 16.1 Å². The molecule has 2 rings (SSSR count). The van der Waals surface area contributed by atoms with E-state index in [1.165, 1.54) is 6.07 Å². The lowest BCUT2D eigenvalue weighted by atomic mass is 10.0. The Bertz CT molecular complexity index is 643. The standard InChI is InChI=1S/C14H21N3O3S/c1-3-16(2)14(18)17-8-6-11-4-5-13(21(15,19)20)10-12(11)7-9-17/h4-5,10H,3,6-9H2,1-2H3,(H2,15,19,20). The van der Waals surface area contributed by atoms with Gasteiger partial charge in [-0.2, -0.15) is 0 Å². The van der Waals surface area contributed by atoms with Crippen molar-refractivity contribution < 1.29 is 13.2 Å². The van der Waals surface area contributed by atoms with Gasteiger partial charge in [-0.3, -0.25) is 0 Å². The molecule has 1 aliphatic heterocycles. The minimum Gasteiger partial charge on any atom is -0.328 e. The Kier molecular flexibility index (Phi) is 4.53. The number of amides is 2. The van der Waals surface area contributed by atoms with Gasteiger partial charge >= 0.3 is 6.03 Å². The van der Waals surface area contributed by atoms with Gasteiger partial charge in [-0.05, 0) is 43.0 Å². The quantitative estimate of drug-likeness (QED) is 0.877. The number of hydrogen-bond donors (Lipinski definition) is 1. The van der Waals surface area contributed by atoms with Gasteiger partial charge in [-0.15, -0.1) is 0 Å². The molecule has 1 aromatic carbocycles. The maximum Gasteiger partial charge on any atom is 0.319 e. The van der Waals surface area contributed by atoms with Crippen molar-refractivity contribution in [1.82, 2.24) is 9.80 Å². The molecule has 2 amide bonds. The summed E-state index contributed by atoms with van der Waals surface area (Å²) >= 11 is 0. The summed E-state index contributed by atoms with van der Waals surface area (Å²) < 4.78 is 22.8. The third-order valence-corrected chi connectivity index (χ3v) is 4.79. The summed E-state index contributed by atoms with van der Waals surface area (Å²) in [5, 5.41) is 5.16. The lowest BCUT2D eigenvalue weighted by molar-refractivity contribution is 0.167. The van der Waals surface area contributed by atoms with E-state index < -0.39 is 10.0 Å². The predicted molar refractivity (Wildman–Crippen MR) is 80.5 cm³/mol. The number of primary sulfonamides is 1. The summed E-state index contributed by atoms with van der Waals surface area (Å²) in [4.78, 5) is 15.8. The highest BCUT2D eigenvalue weighted by Gasteiger charge is 2.21. The van der Waals surface area contributed by atoms with Crippen LogP contribution in [0.3, 0.4) is 0 Å². The van der Waals surface area contributed by atoms with Crippen LogP contribution in [0.15, 0.2) is 23.1 Å². The van der Waals surface area contributed by atoms with Gasteiger partial charge in [0.2, 0.25) is 10.0 Å². The Balaban J connectivity index is 2.20. The molecule has 1 aromatic rings. The lowest BCUT2D eigenvalue weighted by Crippen LogP contribution is -2.42. The number of hydrogen-bond acceptors (Lipinski definition) is 3. The van der Waals surface area contributed by atoms with Gasteiger partial charge in [-0.1, -0.05) is 6.07 Å². The van der Waals surface area contributed by atoms with Crippen LogP contribution in [0.2, 0.25) is 0 Å². The summed E-state index contributed by atoms with van der Waals surface area (Å²) in [5.41, 5.74) is 2.04. The smallest absolute Gasteiger partial charge is 0.319 e. The average Bonchev–Trinajstić information content (AvgIpc) is 2.66. The number of carbonyl (C=O) groups is 1. The molecule has 0 saturated carbocycles. The monoisotopic (exact) mass is 311 g/mol. The minimum atomic E-state index is -3.68. The van der Waals surface area contributed by atoms with Crippen LogP contribution in [0.5, 0.6) is 0 Å². The van der Waals surface area contributed by atoms with Crippen molar-refractivity contribution in [3.05, 3.63) is 29.3 Å². The second-order valence-electron chi connectivity index (χ2n) is 5.26. The van der Waals surface area contributed by atoms with Gasteiger partial charge < -0.3 is 9.80 Å². The largest absolute Gasteiger partial charge is 0.328 e. The molecule has 0 aromatic heterocycles. The molecule has 21 heavy (non-hydrogen) atoms. The van der Waals surface area contributed by atoms with Gasteiger partial charge in [0.15, 0.2) is 0 Å². The second kappa shape index (κ2) is 6.03. The van der Waals surface area contributed by atoms with E-state index in [0.717, 1.165) is 17.5 Å². The van der Waals surface area contributed by atoms with Gasteiger partial charge in [0.05, 0.1) is 4.90 Å². The van der Waals surface area contributed by atoms with Gasteiger partial charge in [0, 0.05) is 26.7 Å². The second-order valence-corrected chi connectivity index (χ2v) is 6.82. The molecule has 0 saturated heterocycles. The molecular formula is C14H21N3O3S. The van der Waals surface area contributed by atoms with E-state index in [9.17, 15) is 13.2 Å². The van der Waals surface area contributed by atoms with Gasteiger partial charge in [-0.25, -0.2) is 18.4 Å². The minimum absolute atomic E-state index is 0.0111. The van der Waals surface area contributed by atoms with E-state index in [0.29, 0.717) is 26.1 Å². The van der Waals surface area contributed by atoms with Crippen molar-refractivity contribution in [3.8, 4) is 0 Å². The van der Waals surface area contributed by atoms with E-state index in [1.54, 1.807) is 29.0 Å². The Morgan fingerprint density at radius 2 is 1.90 bits per heavy atom. The predicted octanol–water partition coefficient (Wildman–Crippen LogP) is 0.806. The molecule has 0 bridgehead atoms. The first-order chi connectivity index (χ1) is 9.82. The van der Waals surface area contributed by atoms with Crippen LogP contribution in [-0.2, 0) is 22.9 Å². The highest BCUT2D eigenvalue weighted by molar-refractivity contribution is 7.89. The van der Waals surface area contributed by atoms with Crippen molar-refractivity contribution in [2.45, 2.75) is 24.7 Å². The number of sulfonamides is 1. The zero-order valence-electron chi connectivity index (χ0n) is 12.4. The van der Waals surface area contributed by atoms with Gasteiger partial charge in [0.25, 0.3) is 0 Å². The average molecular weight is 311 g/mol. The van der Waals surface area contributed by atoms with E-state index in [-0.39, 0.29) is 10.9 Å². The Hall–Kier alpha value is -1.60. The van der Waals surface area contributed by atoms with Crippen LogP contribution in [0.25, 0.3) is 0 Å². The lowest BCUT2D eigenvalue weighted by Gasteiger charge is -2.26. The van der Waals surface area contributed by atoms with Crippen molar-refractivity contribution in [2.75, 3.05) is 26.7 Å². The molecule has 6 nitrogen and oxygen atoms in total. The molecule has 0 atom stereocenters. The van der Waals surface area contributed by atoms with Crippen molar-refractivity contribution in [3.63, 3.8) is 0 Å². The fourth-order valence-corrected chi connectivity index (χ4v) is 3.01. The van der Waals surface area contributed by atoms with Crippen molar-refractivity contribution in [1.29, 1.82) is 0 Å². The van der Waals surface area contributed by atoms with Crippen LogP contribution in [-0.4, -0.2) is 50.9 Å². The SMILES string of the molecule is CCN(C)C(=O)N1CCc2ccc(S(N)(=O)=O)cc2CC1. The van der Waals surface area contributed by atoms with Crippen LogP contribution in [0, 0.1) is 0 Å². The van der Waals surface area contributed by atoms with Crippen LogP contribution < -0.4 is 5.14 Å². The zero-order chi connectivity index (χ0) is 15.6. The maximum absolute atomic E-state index is 12.2. The summed E-state index contributed by atoms with van der Waals surface area (Å²) in [6.45, 7) is 3.83. The summed E-state index contributed by atoms with van der Waals surface area (Å²) in [7, 11) is -1.91. The molecule has 1 aliphatic rings. The first kappa shape index (κ1) is 15.8. The summed E-state index contributed by atoms with van der Waals surface area (Å²) in [6, 6.07) is 4.97. The molecular weight excluding hydrogens is 290 g/mol. The number of nitrogens with zero attached hydrogens (tertiary/aromatic N) is 2. The van der Waals surface area contributed by atoms with Gasteiger partial charge in [0.1, 0.15) is 0 Å². The normalized spacial score (nSPS) is 15.3. The molecule has 2 N–H and O–H groups in total. The maximum atomic E-state index is 12.2. The van der Waals surface area contributed by atoms with E-state index in [4.69, 9.17) is 5.14 Å². The number of fused-ring (bicyclic) bond motifs is 1. The first-order valence-electron chi connectivity index (χ1n) is 6.97. The Labute approximate surface area is 125 Å². The fraction of sp³-hybridized carbons (Fsp3) is 0.500. The molecule has 0 spiro atoms. The third-order valence-electron chi connectivity index (χ3n) is 3.88. The van der Waals surface area contributed by atoms with E-state index in [2.05, 4.69) is 0 Å². The zero-order valence-corrected chi connectivity index (χ0v) is 13.2. The number of nitrogens with two attached hydrogens (primary N) is 1. The summed E-state index contributed by atoms with van der Waals surface area (Å²) in [5.74, 6) is 0. The first-order valence-corrected chi connectivity index (χ1v) is 8.52. The van der Waals surface area contributed by atoms with E-state index in [1.807, 2.05) is 6.92 Å². The van der Waals surface area contributed by atoms with Crippen LogP contribution in [0.1, 0.15) is 18.1 Å². The third kappa shape index (κ3) is 3.54. The Morgan fingerprint density at radius 1 is 1.29 bits per heavy atom. The van der Waals surface area contributed by atoms with Crippen LogP contribution >= 0.6 is 0 Å². The molecule has 1 heterocycles. The number of rotatable bonds is 2. The highest BCUT2D eigenvalue weighted by Crippen LogP contribution is 2.20.